The molecular formula is C7H8Cl2O4. The number of rotatable bonds is 4. The quantitative estimate of drug-likeness (QED) is 0.681. The number of ether oxygens (including phenoxy) is 2. The summed E-state index contributed by atoms with van der Waals surface area (Å²) in [5, 5.41) is 0. The number of carbonyl (C=O) groups excluding carboxylic acids is 2. The number of hydrogen-bond donors (Lipinski definition) is 0. The molecule has 0 aromatic heterocycles. The Balaban J connectivity index is 3.52. The molecule has 13 heavy (non-hydrogen) atoms. The van der Waals surface area contributed by atoms with Crippen molar-refractivity contribution in [2.75, 3.05) is 13.2 Å². The first-order valence-electron chi connectivity index (χ1n) is 3.32. The van der Waals surface area contributed by atoms with Gasteiger partial charge in [-0.1, -0.05) is 23.2 Å². The van der Waals surface area contributed by atoms with Gasteiger partial charge in [0.15, 0.2) is 6.61 Å². The van der Waals surface area contributed by atoms with E-state index in [9.17, 15) is 9.59 Å². The first-order valence-corrected chi connectivity index (χ1v) is 4.08. The van der Waals surface area contributed by atoms with Crippen molar-refractivity contribution >= 4 is 35.1 Å². The standard InChI is InChI=1S/C7H8Cl2O4/c1-5(10)13-4-7(11)12-3-2-6(8)9/h2H,3-4H2,1H3. The van der Waals surface area contributed by atoms with E-state index in [-0.39, 0.29) is 11.1 Å². The lowest BCUT2D eigenvalue weighted by Gasteiger charge is -2.01. The lowest BCUT2D eigenvalue weighted by atomic mass is 10.6. The van der Waals surface area contributed by atoms with E-state index in [1.54, 1.807) is 0 Å². The van der Waals surface area contributed by atoms with Crippen molar-refractivity contribution in [3.8, 4) is 0 Å². The highest BCUT2D eigenvalue weighted by atomic mass is 35.5. The number of halogens is 2. The van der Waals surface area contributed by atoms with Gasteiger partial charge < -0.3 is 9.47 Å². The molecule has 0 saturated carbocycles. The molecule has 0 radical (unpaired) electrons. The van der Waals surface area contributed by atoms with Crippen LogP contribution in [0.1, 0.15) is 6.92 Å². The highest BCUT2D eigenvalue weighted by molar-refractivity contribution is 6.55. The van der Waals surface area contributed by atoms with Crippen LogP contribution >= 0.6 is 23.2 Å². The molecule has 0 bridgehead atoms. The maximum Gasteiger partial charge on any atom is 0.344 e. The smallest absolute Gasteiger partial charge is 0.344 e. The third-order valence-electron chi connectivity index (χ3n) is 0.875. The van der Waals surface area contributed by atoms with Crippen LogP contribution in [0.3, 0.4) is 0 Å². The number of hydrogen-bond acceptors (Lipinski definition) is 4. The van der Waals surface area contributed by atoms with E-state index in [1.165, 1.54) is 13.0 Å². The summed E-state index contributed by atoms with van der Waals surface area (Å²) >= 11 is 10.5. The molecule has 0 rings (SSSR count). The second-order valence-corrected chi connectivity index (χ2v) is 2.96. The van der Waals surface area contributed by atoms with E-state index in [1.807, 2.05) is 0 Å². The maximum atomic E-state index is 10.7. The molecule has 0 aliphatic carbocycles. The molecule has 0 saturated heterocycles. The minimum atomic E-state index is -0.652. The predicted molar refractivity (Wildman–Crippen MR) is 47.4 cm³/mol. The lowest BCUT2D eigenvalue weighted by Crippen LogP contribution is -2.14. The van der Waals surface area contributed by atoms with E-state index in [2.05, 4.69) is 9.47 Å². The van der Waals surface area contributed by atoms with Gasteiger partial charge in [-0.05, 0) is 6.08 Å². The van der Waals surface area contributed by atoms with Crippen molar-refractivity contribution in [2.24, 2.45) is 0 Å². The van der Waals surface area contributed by atoms with E-state index in [0.29, 0.717) is 0 Å². The Morgan fingerprint density at radius 3 is 2.38 bits per heavy atom. The fourth-order valence-corrected chi connectivity index (χ4v) is 0.526. The molecule has 0 amide bonds. The molecule has 0 aliphatic rings. The van der Waals surface area contributed by atoms with E-state index < -0.39 is 18.5 Å². The highest BCUT2D eigenvalue weighted by Crippen LogP contribution is 2.04. The molecular weight excluding hydrogens is 219 g/mol. The Hall–Kier alpha value is -0.740. The van der Waals surface area contributed by atoms with Crippen LogP contribution in [-0.4, -0.2) is 25.2 Å². The lowest BCUT2D eigenvalue weighted by molar-refractivity contribution is -0.156. The van der Waals surface area contributed by atoms with Crippen molar-refractivity contribution in [2.45, 2.75) is 6.92 Å². The number of esters is 2. The molecule has 0 heterocycles. The highest BCUT2D eigenvalue weighted by Gasteiger charge is 2.03. The van der Waals surface area contributed by atoms with Crippen molar-refractivity contribution in [3.63, 3.8) is 0 Å². The third kappa shape index (κ3) is 9.17. The van der Waals surface area contributed by atoms with Gasteiger partial charge in [-0.3, -0.25) is 4.79 Å². The fourth-order valence-electron chi connectivity index (χ4n) is 0.400. The topological polar surface area (TPSA) is 52.6 Å². The van der Waals surface area contributed by atoms with Crippen LogP contribution in [0.15, 0.2) is 10.6 Å². The first kappa shape index (κ1) is 12.3. The zero-order valence-electron chi connectivity index (χ0n) is 6.88. The molecule has 0 unspecified atom stereocenters. The van der Waals surface area contributed by atoms with E-state index in [4.69, 9.17) is 23.2 Å². The molecule has 0 aromatic carbocycles. The minimum absolute atomic E-state index is 0.0142. The molecule has 0 aliphatic heterocycles. The number of carbonyl (C=O) groups is 2. The summed E-state index contributed by atoms with van der Waals surface area (Å²) in [5.74, 6) is -1.19. The Morgan fingerprint density at radius 1 is 1.31 bits per heavy atom. The SMILES string of the molecule is CC(=O)OCC(=O)OCC=C(Cl)Cl. The first-order chi connectivity index (χ1) is 6.02. The van der Waals surface area contributed by atoms with Crippen LogP contribution in [-0.2, 0) is 19.1 Å². The van der Waals surface area contributed by atoms with Gasteiger partial charge in [0.1, 0.15) is 11.1 Å². The molecule has 0 fully saturated rings. The van der Waals surface area contributed by atoms with E-state index in [0.717, 1.165) is 0 Å². The predicted octanol–water partition coefficient (Wildman–Crippen LogP) is 1.41. The van der Waals surface area contributed by atoms with Crippen LogP contribution in [0.25, 0.3) is 0 Å². The zero-order valence-corrected chi connectivity index (χ0v) is 8.39. The summed E-state index contributed by atoms with van der Waals surface area (Å²) in [6, 6.07) is 0. The average Bonchev–Trinajstić information content (AvgIpc) is 2.00. The Kier molecular flexibility index (Phi) is 6.36. The van der Waals surface area contributed by atoms with Crippen molar-refractivity contribution < 1.29 is 19.1 Å². The van der Waals surface area contributed by atoms with Crippen LogP contribution in [0.5, 0.6) is 0 Å². The van der Waals surface area contributed by atoms with Crippen molar-refractivity contribution in [3.05, 3.63) is 10.6 Å². The molecule has 74 valence electrons. The van der Waals surface area contributed by atoms with Crippen molar-refractivity contribution in [1.29, 1.82) is 0 Å². The van der Waals surface area contributed by atoms with Gasteiger partial charge in [-0.15, -0.1) is 0 Å². The Morgan fingerprint density at radius 2 is 1.92 bits per heavy atom. The fraction of sp³-hybridized carbons (Fsp3) is 0.429. The zero-order chi connectivity index (χ0) is 10.3. The monoisotopic (exact) mass is 226 g/mol. The minimum Gasteiger partial charge on any atom is -0.459 e. The molecule has 0 atom stereocenters. The molecule has 6 heteroatoms. The summed E-state index contributed by atoms with van der Waals surface area (Å²) in [7, 11) is 0. The largest absolute Gasteiger partial charge is 0.459 e. The Labute approximate surface area is 85.4 Å². The van der Waals surface area contributed by atoms with Gasteiger partial charge in [0, 0.05) is 6.92 Å². The van der Waals surface area contributed by atoms with Gasteiger partial charge in [0.2, 0.25) is 0 Å². The molecule has 0 aromatic rings. The second-order valence-electron chi connectivity index (χ2n) is 1.96. The van der Waals surface area contributed by atoms with Crippen LogP contribution < -0.4 is 0 Å². The average molecular weight is 227 g/mol. The summed E-state index contributed by atoms with van der Waals surface area (Å²) in [5.41, 5.74) is 0. The van der Waals surface area contributed by atoms with Crippen molar-refractivity contribution in [1.82, 2.24) is 0 Å². The van der Waals surface area contributed by atoms with Gasteiger partial charge in [-0.2, -0.15) is 0 Å². The van der Waals surface area contributed by atoms with Gasteiger partial charge in [-0.25, -0.2) is 4.79 Å². The summed E-state index contributed by atoms with van der Waals surface area (Å²) < 4.78 is 8.92. The molecule has 4 nitrogen and oxygen atoms in total. The maximum absolute atomic E-state index is 10.7. The molecule has 0 N–H and O–H groups in total. The van der Waals surface area contributed by atoms with E-state index >= 15 is 0 Å². The summed E-state index contributed by atoms with van der Waals surface area (Å²) in [6.07, 6.45) is 1.30. The van der Waals surface area contributed by atoms with Crippen LogP contribution in [0, 0.1) is 0 Å². The second kappa shape index (κ2) is 6.74. The summed E-state index contributed by atoms with van der Waals surface area (Å²) in [4.78, 5) is 21.0. The third-order valence-corrected chi connectivity index (χ3v) is 1.18. The molecule has 0 spiro atoms. The van der Waals surface area contributed by atoms with Gasteiger partial charge >= 0.3 is 11.9 Å². The normalized spacial score (nSPS) is 8.85. The Bertz CT molecular complexity index is 221. The van der Waals surface area contributed by atoms with Gasteiger partial charge in [0.05, 0.1) is 0 Å². The van der Waals surface area contributed by atoms with Crippen LogP contribution in [0.4, 0.5) is 0 Å². The van der Waals surface area contributed by atoms with Gasteiger partial charge in [0.25, 0.3) is 0 Å². The van der Waals surface area contributed by atoms with Crippen LogP contribution in [0.2, 0.25) is 0 Å². The summed E-state index contributed by atoms with van der Waals surface area (Å²) in [6.45, 7) is 0.758.